The van der Waals surface area contributed by atoms with Gasteiger partial charge >= 0.3 is 0 Å². The number of hydrogen-bond acceptors (Lipinski definition) is 2. The van der Waals surface area contributed by atoms with Crippen LogP contribution in [0.1, 0.15) is 12.8 Å². The molecule has 0 aromatic heterocycles. The van der Waals surface area contributed by atoms with Crippen LogP contribution in [-0.4, -0.2) is 48.7 Å². The fourth-order valence-electron chi connectivity index (χ4n) is 1.21. The molecular weight excluding hydrogens is 154 g/mol. The number of nitrogens with one attached hydrogen (secondary N) is 1. The molecule has 1 amide bonds. The Morgan fingerprint density at radius 3 is 2.75 bits per heavy atom. The number of carbonyl (C=O) groups is 1. The van der Waals surface area contributed by atoms with Gasteiger partial charge in [-0.3, -0.25) is 10.2 Å². The molecule has 0 aromatic rings. The first-order valence-electron chi connectivity index (χ1n) is 4.14. The predicted molar refractivity (Wildman–Crippen MR) is 47.2 cm³/mol. The highest BCUT2D eigenvalue weighted by atomic mass is 16.2. The fraction of sp³-hybridized carbons (Fsp3) is 0.750. The van der Waals surface area contributed by atoms with Crippen LogP contribution in [0.3, 0.4) is 0 Å². The number of amides is 1. The lowest BCUT2D eigenvalue weighted by Crippen LogP contribution is -2.36. The molecule has 1 aliphatic heterocycles. The molecule has 1 rings (SSSR count). The highest BCUT2D eigenvalue weighted by Gasteiger charge is 2.19. The Balaban J connectivity index is 2.40. The number of rotatable bonds is 2. The number of likely N-dealkylation sites (tertiary alicyclic amines) is 1. The molecule has 0 unspecified atom stereocenters. The third kappa shape index (κ3) is 1.96. The molecule has 1 fully saturated rings. The molecule has 4 nitrogen and oxygen atoms in total. The molecule has 12 heavy (non-hydrogen) atoms. The Morgan fingerprint density at radius 1 is 1.67 bits per heavy atom. The second-order valence-electron chi connectivity index (χ2n) is 3.26. The van der Waals surface area contributed by atoms with E-state index in [1.54, 1.807) is 19.0 Å². The Bertz CT molecular complexity index is 200. The largest absolute Gasteiger partial charge is 0.351 e. The number of amidine groups is 1. The van der Waals surface area contributed by atoms with Gasteiger partial charge in [-0.15, -0.1) is 0 Å². The molecule has 1 N–H and O–H groups in total. The average Bonchev–Trinajstić information content (AvgIpc) is 2.36. The van der Waals surface area contributed by atoms with Crippen LogP contribution in [0.15, 0.2) is 0 Å². The van der Waals surface area contributed by atoms with Crippen molar-refractivity contribution >= 4 is 11.7 Å². The van der Waals surface area contributed by atoms with E-state index in [9.17, 15) is 4.79 Å². The van der Waals surface area contributed by atoms with E-state index in [1.165, 1.54) is 0 Å². The zero-order chi connectivity index (χ0) is 9.14. The number of hydrogen-bond donors (Lipinski definition) is 1. The Hall–Kier alpha value is -1.06. The molecule has 68 valence electrons. The maximum Gasteiger partial charge on any atom is 0.241 e. The predicted octanol–water partition coefficient (Wildman–Crippen LogP) is 0.148. The lowest BCUT2D eigenvalue weighted by atomic mass is 10.4. The van der Waals surface area contributed by atoms with Crippen molar-refractivity contribution in [3.05, 3.63) is 0 Å². The average molecular weight is 169 g/mol. The van der Waals surface area contributed by atoms with Crippen LogP contribution in [0, 0.1) is 5.41 Å². The van der Waals surface area contributed by atoms with Gasteiger partial charge in [0.05, 0.1) is 12.4 Å². The zero-order valence-electron chi connectivity index (χ0n) is 7.63. The van der Waals surface area contributed by atoms with Gasteiger partial charge in [0, 0.05) is 27.1 Å². The van der Waals surface area contributed by atoms with Gasteiger partial charge in [-0.1, -0.05) is 0 Å². The summed E-state index contributed by atoms with van der Waals surface area (Å²) in [6.07, 6.45) is 1.83. The summed E-state index contributed by atoms with van der Waals surface area (Å²) in [5.74, 6) is 0.673. The minimum atomic E-state index is 0.0710. The third-order valence-corrected chi connectivity index (χ3v) is 2.05. The fourth-order valence-corrected chi connectivity index (χ4v) is 1.21. The van der Waals surface area contributed by atoms with Crippen molar-refractivity contribution in [3.8, 4) is 0 Å². The maximum atomic E-state index is 11.2. The van der Waals surface area contributed by atoms with E-state index >= 15 is 0 Å². The van der Waals surface area contributed by atoms with Crippen molar-refractivity contribution < 1.29 is 4.79 Å². The van der Waals surface area contributed by atoms with Crippen molar-refractivity contribution in [3.63, 3.8) is 0 Å². The summed E-state index contributed by atoms with van der Waals surface area (Å²) < 4.78 is 0. The lowest BCUT2D eigenvalue weighted by Gasteiger charge is -2.19. The molecule has 0 spiro atoms. The van der Waals surface area contributed by atoms with Crippen molar-refractivity contribution in [2.24, 2.45) is 0 Å². The van der Waals surface area contributed by atoms with Crippen molar-refractivity contribution in [2.45, 2.75) is 12.8 Å². The summed E-state index contributed by atoms with van der Waals surface area (Å²) in [5.41, 5.74) is 0. The van der Waals surface area contributed by atoms with E-state index in [0.29, 0.717) is 12.4 Å². The van der Waals surface area contributed by atoms with Crippen molar-refractivity contribution in [2.75, 3.05) is 27.2 Å². The van der Waals surface area contributed by atoms with Crippen LogP contribution in [0.25, 0.3) is 0 Å². The molecule has 0 aliphatic carbocycles. The standard InChI is InChI=1S/C8H15N3O/c1-10(2)8(12)6-11-5-3-4-7(11)9/h9H,3-6H2,1-2H3. The minimum absolute atomic E-state index is 0.0710. The second kappa shape index (κ2) is 3.56. The first-order chi connectivity index (χ1) is 5.61. The van der Waals surface area contributed by atoms with E-state index < -0.39 is 0 Å². The van der Waals surface area contributed by atoms with Gasteiger partial charge < -0.3 is 9.80 Å². The van der Waals surface area contributed by atoms with E-state index in [4.69, 9.17) is 5.41 Å². The van der Waals surface area contributed by atoms with E-state index in [1.807, 2.05) is 4.90 Å². The summed E-state index contributed by atoms with van der Waals surface area (Å²) in [6, 6.07) is 0. The lowest BCUT2D eigenvalue weighted by molar-refractivity contribution is -0.128. The molecular formula is C8H15N3O. The normalized spacial score (nSPS) is 16.8. The van der Waals surface area contributed by atoms with Crippen LogP contribution in [0.2, 0.25) is 0 Å². The highest BCUT2D eigenvalue weighted by Crippen LogP contribution is 2.09. The number of likely N-dealkylation sites (N-methyl/N-ethyl adjacent to an activating group) is 1. The molecule has 1 heterocycles. The number of carbonyl (C=O) groups excluding carboxylic acids is 1. The van der Waals surface area contributed by atoms with E-state index in [2.05, 4.69) is 0 Å². The van der Waals surface area contributed by atoms with Gasteiger partial charge in [0.2, 0.25) is 5.91 Å². The summed E-state index contributed by atoms with van der Waals surface area (Å²) in [6.45, 7) is 1.23. The Morgan fingerprint density at radius 2 is 2.33 bits per heavy atom. The summed E-state index contributed by atoms with van der Waals surface area (Å²) in [7, 11) is 3.48. The van der Waals surface area contributed by atoms with Crippen molar-refractivity contribution in [1.29, 1.82) is 5.41 Å². The van der Waals surface area contributed by atoms with Crippen LogP contribution < -0.4 is 0 Å². The molecule has 0 bridgehead atoms. The minimum Gasteiger partial charge on any atom is -0.351 e. The topological polar surface area (TPSA) is 47.4 Å². The third-order valence-electron chi connectivity index (χ3n) is 2.05. The summed E-state index contributed by atoms with van der Waals surface area (Å²) in [4.78, 5) is 14.6. The SMILES string of the molecule is CN(C)C(=O)CN1CCCC1=N. The maximum absolute atomic E-state index is 11.2. The Kier molecular flexibility index (Phi) is 2.68. The van der Waals surface area contributed by atoms with Crippen molar-refractivity contribution in [1.82, 2.24) is 9.80 Å². The van der Waals surface area contributed by atoms with Gasteiger partial charge in [0.25, 0.3) is 0 Å². The van der Waals surface area contributed by atoms with Gasteiger partial charge in [0.1, 0.15) is 0 Å². The monoisotopic (exact) mass is 169 g/mol. The molecule has 0 saturated carbocycles. The zero-order valence-corrected chi connectivity index (χ0v) is 7.63. The van der Waals surface area contributed by atoms with Gasteiger partial charge in [-0.25, -0.2) is 0 Å². The highest BCUT2D eigenvalue weighted by molar-refractivity contribution is 5.87. The van der Waals surface area contributed by atoms with Crippen LogP contribution in [0.4, 0.5) is 0 Å². The summed E-state index contributed by atoms with van der Waals surface area (Å²) in [5, 5.41) is 7.50. The van der Waals surface area contributed by atoms with Crippen LogP contribution >= 0.6 is 0 Å². The second-order valence-corrected chi connectivity index (χ2v) is 3.26. The van der Waals surface area contributed by atoms with Gasteiger partial charge in [0.15, 0.2) is 0 Å². The molecule has 0 atom stereocenters. The van der Waals surface area contributed by atoms with Gasteiger partial charge in [-0.2, -0.15) is 0 Å². The molecule has 0 aromatic carbocycles. The first-order valence-corrected chi connectivity index (χ1v) is 4.14. The first kappa shape index (κ1) is 9.03. The number of nitrogens with zero attached hydrogens (tertiary/aromatic N) is 2. The molecule has 0 radical (unpaired) electrons. The molecule has 4 heteroatoms. The van der Waals surface area contributed by atoms with Crippen LogP contribution in [0.5, 0.6) is 0 Å². The molecule has 1 saturated heterocycles. The van der Waals surface area contributed by atoms with Gasteiger partial charge in [-0.05, 0) is 6.42 Å². The van der Waals surface area contributed by atoms with Crippen LogP contribution in [-0.2, 0) is 4.79 Å². The smallest absolute Gasteiger partial charge is 0.241 e. The Labute approximate surface area is 72.7 Å². The quantitative estimate of drug-likeness (QED) is 0.639. The van der Waals surface area contributed by atoms with E-state index in [-0.39, 0.29) is 5.91 Å². The van der Waals surface area contributed by atoms with E-state index in [0.717, 1.165) is 19.4 Å². The summed E-state index contributed by atoms with van der Waals surface area (Å²) >= 11 is 0. The molecule has 1 aliphatic rings.